The number of benzene rings is 3. The molecule has 1 unspecified atom stereocenters. The van der Waals surface area contributed by atoms with Gasteiger partial charge in [-0.2, -0.15) is 0 Å². The first-order chi connectivity index (χ1) is 24.9. The van der Waals surface area contributed by atoms with E-state index in [9.17, 15) is 29.1 Å². The molecule has 3 aliphatic heterocycles. The zero-order chi connectivity index (χ0) is 37.0. The fourth-order valence-corrected chi connectivity index (χ4v) is 6.86. The third-order valence-corrected chi connectivity index (χ3v) is 10.5. The number of nitrogens with zero attached hydrogens (tertiary/aromatic N) is 2. The zero-order valence-corrected chi connectivity index (χ0v) is 30.0. The van der Waals surface area contributed by atoms with Gasteiger partial charge < -0.3 is 24.8 Å². The topological polar surface area (TPSA) is 155 Å². The van der Waals surface area contributed by atoms with Gasteiger partial charge in [-0.25, -0.2) is 0 Å². The van der Waals surface area contributed by atoms with Crippen LogP contribution in [-0.2, 0) is 19.8 Å². The van der Waals surface area contributed by atoms with Crippen LogP contribution in [0.2, 0.25) is 0 Å². The number of imide groups is 2. The number of carbonyl (C=O) groups is 5. The van der Waals surface area contributed by atoms with E-state index in [4.69, 9.17) is 21.1 Å². The molecule has 0 radical (unpaired) electrons. The molecule has 5 amide bonds. The van der Waals surface area contributed by atoms with Gasteiger partial charge in [0.2, 0.25) is 17.7 Å². The van der Waals surface area contributed by atoms with Gasteiger partial charge in [0.05, 0.1) is 30.2 Å². The normalized spacial score (nSPS) is 18.6. The summed E-state index contributed by atoms with van der Waals surface area (Å²) in [4.78, 5) is 65.7. The number of hydrogen-bond acceptors (Lipinski definition) is 9. The first kappa shape index (κ1) is 36.8. The Hall–Kier alpha value is -4.94. The van der Waals surface area contributed by atoms with Crippen LogP contribution in [0.4, 0.5) is 5.69 Å². The Bertz CT molecular complexity index is 1820. The number of aliphatic hydroxyl groups is 1. The van der Waals surface area contributed by atoms with Gasteiger partial charge in [-0.1, -0.05) is 38.1 Å². The number of rotatable bonds is 13. The Morgan fingerprint density at radius 1 is 0.904 bits per heavy atom. The van der Waals surface area contributed by atoms with Crippen molar-refractivity contribution in [3.8, 4) is 11.5 Å². The highest BCUT2D eigenvalue weighted by atomic mass is 35.5. The average molecular weight is 731 g/mol. The van der Waals surface area contributed by atoms with Crippen LogP contribution in [-0.4, -0.2) is 95.3 Å². The van der Waals surface area contributed by atoms with Crippen LogP contribution >= 0.6 is 11.6 Å². The van der Waals surface area contributed by atoms with Gasteiger partial charge in [0.15, 0.2) is 0 Å². The molecule has 2 fully saturated rings. The summed E-state index contributed by atoms with van der Waals surface area (Å²) in [6.45, 7) is 6.27. The number of fused-ring (bicyclic) bond motifs is 1. The maximum atomic E-state index is 13.1. The van der Waals surface area contributed by atoms with Crippen LogP contribution in [0, 0.1) is 5.92 Å². The number of halogens is 1. The number of alkyl halides is 1. The molecule has 6 rings (SSSR count). The second kappa shape index (κ2) is 15.7. The highest BCUT2D eigenvalue weighted by molar-refractivity contribution is 6.23. The molecule has 3 N–H and O–H groups in total. The number of nitrogens with one attached hydrogen (secondary N) is 2. The number of hydrogen-bond donors (Lipinski definition) is 3. The van der Waals surface area contributed by atoms with E-state index in [1.807, 2.05) is 41.3 Å². The van der Waals surface area contributed by atoms with E-state index in [0.29, 0.717) is 37.1 Å². The molecule has 3 aliphatic rings. The van der Waals surface area contributed by atoms with Crippen LogP contribution in [0.1, 0.15) is 71.4 Å². The van der Waals surface area contributed by atoms with Crippen molar-refractivity contribution in [3.63, 3.8) is 0 Å². The van der Waals surface area contributed by atoms with Crippen molar-refractivity contribution in [2.24, 2.45) is 5.92 Å². The van der Waals surface area contributed by atoms with E-state index in [1.54, 1.807) is 6.07 Å². The molecule has 13 heteroatoms. The van der Waals surface area contributed by atoms with Crippen molar-refractivity contribution in [1.29, 1.82) is 0 Å². The van der Waals surface area contributed by atoms with E-state index < -0.39 is 35.8 Å². The predicted molar refractivity (Wildman–Crippen MR) is 194 cm³/mol. The first-order valence-electron chi connectivity index (χ1n) is 17.5. The van der Waals surface area contributed by atoms with Gasteiger partial charge >= 0.3 is 0 Å². The van der Waals surface area contributed by atoms with Gasteiger partial charge in [0.1, 0.15) is 30.3 Å². The number of aliphatic hydroxyl groups excluding tert-OH is 1. The number of anilines is 1. The molecule has 3 heterocycles. The van der Waals surface area contributed by atoms with Gasteiger partial charge in [0.25, 0.3) is 11.8 Å². The summed E-state index contributed by atoms with van der Waals surface area (Å²) >= 11 is 5.64. The third-order valence-electron chi connectivity index (χ3n) is 10.1. The van der Waals surface area contributed by atoms with Crippen molar-refractivity contribution in [1.82, 2.24) is 15.1 Å². The first-order valence-corrected chi connectivity index (χ1v) is 18.1. The van der Waals surface area contributed by atoms with Crippen LogP contribution < -0.4 is 20.1 Å². The number of carbonyl (C=O) groups excluding carboxylic acids is 5. The zero-order valence-electron chi connectivity index (χ0n) is 29.2. The average Bonchev–Trinajstić information content (AvgIpc) is 3.40. The minimum Gasteiger partial charge on any atom is -0.493 e. The van der Waals surface area contributed by atoms with Crippen molar-refractivity contribution in [2.45, 2.75) is 57.1 Å². The molecule has 0 aliphatic carbocycles. The summed E-state index contributed by atoms with van der Waals surface area (Å²) in [6, 6.07) is 19.6. The van der Waals surface area contributed by atoms with Crippen LogP contribution in [0.5, 0.6) is 11.5 Å². The second-order valence-electron chi connectivity index (χ2n) is 14.0. The minimum absolute atomic E-state index is 0.0261. The van der Waals surface area contributed by atoms with Gasteiger partial charge in [0, 0.05) is 30.6 Å². The molecular formula is C39H43ClN4O8. The van der Waals surface area contributed by atoms with Gasteiger partial charge in [-0.3, -0.25) is 34.2 Å². The van der Waals surface area contributed by atoms with Gasteiger partial charge in [-0.15, -0.1) is 11.6 Å². The molecule has 0 bridgehead atoms. The maximum absolute atomic E-state index is 13.1. The lowest BCUT2D eigenvalue weighted by atomic mass is 9.78. The predicted octanol–water partition coefficient (Wildman–Crippen LogP) is 4.12. The number of likely N-dealkylation sites (tertiary alicyclic amines) is 1. The quantitative estimate of drug-likeness (QED) is 0.174. The fraction of sp³-hybridized carbons (Fsp3) is 0.410. The summed E-state index contributed by atoms with van der Waals surface area (Å²) < 4.78 is 11.7. The highest BCUT2D eigenvalue weighted by Crippen LogP contribution is 2.34. The fourth-order valence-electron chi connectivity index (χ4n) is 6.77. The van der Waals surface area contributed by atoms with Crippen molar-refractivity contribution in [3.05, 3.63) is 89.0 Å². The summed E-state index contributed by atoms with van der Waals surface area (Å²) in [7, 11) is 0. The van der Waals surface area contributed by atoms with Crippen molar-refractivity contribution in [2.75, 3.05) is 44.0 Å². The lowest BCUT2D eigenvalue weighted by Gasteiger charge is -2.32. The van der Waals surface area contributed by atoms with Crippen molar-refractivity contribution < 1.29 is 38.6 Å². The summed E-state index contributed by atoms with van der Waals surface area (Å²) in [5.74, 6) is -0.423. The monoisotopic (exact) mass is 730 g/mol. The molecule has 12 nitrogen and oxygen atoms in total. The second-order valence-corrected chi connectivity index (χ2v) is 14.3. The van der Waals surface area contributed by atoms with E-state index in [2.05, 4.69) is 36.6 Å². The minimum atomic E-state index is -1.03. The maximum Gasteiger partial charge on any atom is 0.262 e. The smallest absolute Gasteiger partial charge is 0.262 e. The van der Waals surface area contributed by atoms with E-state index in [1.165, 1.54) is 12.1 Å². The summed E-state index contributed by atoms with van der Waals surface area (Å²) in [5.41, 5.74) is 2.87. The highest BCUT2D eigenvalue weighted by Gasteiger charge is 2.44. The molecule has 2 atom stereocenters. The van der Waals surface area contributed by atoms with Crippen LogP contribution in [0.15, 0.2) is 66.7 Å². The Balaban J connectivity index is 0.939. The molecule has 0 aromatic heterocycles. The van der Waals surface area contributed by atoms with E-state index >= 15 is 0 Å². The summed E-state index contributed by atoms with van der Waals surface area (Å²) in [6.07, 6.45) is 1.06. The Morgan fingerprint density at radius 2 is 1.52 bits per heavy atom. The number of amides is 5. The van der Waals surface area contributed by atoms with Gasteiger partial charge in [-0.05, 0) is 78.8 Å². The standard InChI is InChI=1S/C39H43ClN4O8/c1-39(2,26-5-10-30(11-6-26)52-23-28(45)20-40)25-3-8-29(9-4-25)51-22-24-15-17-43(18-16-24)35(47)21-41-27-7-12-31-32(19-27)38(50)44(37(31)49)33-13-14-34(46)42-36(33)48/h3-12,19,24,28,33,41,45H,13-18,20-23H2,1-2H3,(H,42,46,48)/t28-,33?/m1/s1. The van der Waals surface area contributed by atoms with Crippen LogP contribution in [0.3, 0.4) is 0 Å². The SMILES string of the molecule is CC(C)(c1ccc(OCC2CCN(C(=O)CNc3ccc4c(c3)C(=O)N(C3CCC(=O)NC3=O)C4=O)CC2)cc1)c1ccc(OC[C@H](O)CCl)cc1. The molecule has 274 valence electrons. The number of ether oxygens (including phenoxy) is 2. The molecular weight excluding hydrogens is 688 g/mol. The van der Waals surface area contributed by atoms with Crippen LogP contribution in [0.25, 0.3) is 0 Å². The summed E-state index contributed by atoms with van der Waals surface area (Å²) in [5, 5.41) is 14.9. The Kier molecular flexibility index (Phi) is 11.2. The van der Waals surface area contributed by atoms with E-state index in [-0.39, 0.29) is 54.3 Å². The number of piperidine rings is 2. The van der Waals surface area contributed by atoms with Crippen molar-refractivity contribution >= 4 is 46.8 Å². The molecule has 3 aromatic rings. The molecule has 0 saturated carbocycles. The molecule has 0 spiro atoms. The van der Waals surface area contributed by atoms with E-state index in [0.717, 1.165) is 34.6 Å². The lowest BCUT2D eigenvalue weighted by molar-refractivity contribution is -0.136. The Labute approximate surface area is 307 Å². The largest absolute Gasteiger partial charge is 0.493 e. The molecule has 2 saturated heterocycles. The third kappa shape index (κ3) is 8.08. The molecule has 3 aromatic carbocycles. The molecule has 52 heavy (non-hydrogen) atoms. The lowest BCUT2D eigenvalue weighted by Crippen LogP contribution is -2.54. The Morgan fingerprint density at radius 3 is 2.13 bits per heavy atom.